The minimum atomic E-state index is 0.376. The lowest BCUT2D eigenvalue weighted by Gasteiger charge is -2.03. The molecule has 4 heteroatoms. The highest BCUT2D eigenvalue weighted by atomic mass is 15.1. The van der Waals surface area contributed by atoms with E-state index in [-0.39, 0.29) is 0 Å². The van der Waals surface area contributed by atoms with Gasteiger partial charge in [-0.15, -0.1) is 0 Å². The minimum absolute atomic E-state index is 0.376. The van der Waals surface area contributed by atoms with Crippen LogP contribution < -0.4 is 5.32 Å². The van der Waals surface area contributed by atoms with Gasteiger partial charge in [-0.1, -0.05) is 6.92 Å². The summed E-state index contributed by atoms with van der Waals surface area (Å²) in [5.41, 5.74) is 0.376. The highest BCUT2D eigenvalue weighted by Gasteiger charge is 2.33. The summed E-state index contributed by atoms with van der Waals surface area (Å²) in [6, 6.07) is 2.48. The van der Waals surface area contributed by atoms with Crippen LogP contribution in [0.5, 0.6) is 0 Å². The lowest BCUT2D eigenvalue weighted by molar-refractivity contribution is 0.920. The van der Waals surface area contributed by atoms with Crippen molar-refractivity contribution in [1.29, 1.82) is 5.26 Å². The van der Waals surface area contributed by atoms with Gasteiger partial charge in [0.2, 0.25) is 0 Å². The Labute approximate surface area is 76.6 Å². The Morgan fingerprint density at radius 3 is 2.85 bits per heavy atom. The topological polar surface area (TPSA) is 61.6 Å². The fourth-order valence-corrected chi connectivity index (χ4v) is 1.22. The molecule has 13 heavy (non-hydrogen) atoms. The van der Waals surface area contributed by atoms with Gasteiger partial charge >= 0.3 is 0 Å². The van der Waals surface area contributed by atoms with E-state index >= 15 is 0 Å². The average molecular weight is 174 g/mol. The lowest BCUT2D eigenvalue weighted by atomic mass is 10.4. The van der Waals surface area contributed by atoms with Gasteiger partial charge < -0.3 is 5.32 Å². The van der Waals surface area contributed by atoms with E-state index in [1.807, 2.05) is 6.07 Å². The van der Waals surface area contributed by atoms with Crippen molar-refractivity contribution in [3.8, 4) is 6.07 Å². The monoisotopic (exact) mass is 174 g/mol. The molecule has 2 rings (SSSR count). The van der Waals surface area contributed by atoms with Gasteiger partial charge in [0, 0.05) is 18.4 Å². The molecule has 4 nitrogen and oxygen atoms in total. The maximum atomic E-state index is 8.73. The lowest BCUT2D eigenvalue weighted by Crippen LogP contribution is -2.07. The largest absolute Gasteiger partial charge is 0.365 e. The second-order valence-corrected chi connectivity index (χ2v) is 3.33. The van der Waals surface area contributed by atoms with Crippen molar-refractivity contribution in [2.45, 2.75) is 19.4 Å². The molecule has 1 aliphatic carbocycles. The number of aromatic nitrogens is 2. The maximum absolute atomic E-state index is 8.73. The third-order valence-corrected chi connectivity index (χ3v) is 2.24. The number of rotatable bonds is 2. The third-order valence-electron chi connectivity index (χ3n) is 2.24. The van der Waals surface area contributed by atoms with E-state index in [0.29, 0.717) is 23.5 Å². The van der Waals surface area contributed by atoms with Crippen LogP contribution in [0, 0.1) is 17.2 Å². The predicted molar refractivity (Wildman–Crippen MR) is 47.9 cm³/mol. The summed E-state index contributed by atoms with van der Waals surface area (Å²) >= 11 is 0. The van der Waals surface area contributed by atoms with Gasteiger partial charge in [0.25, 0.3) is 0 Å². The number of hydrogen-bond acceptors (Lipinski definition) is 4. The molecule has 0 aromatic carbocycles. The molecule has 1 aromatic heterocycles. The number of nitriles is 1. The molecule has 0 spiro atoms. The Hall–Kier alpha value is -1.63. The number of hydrogen-bond donors (Lipinski definition) is 1. The van der Waals surface area contributed by atoms with E-state index in [1.54, 1.807) is 6.20 Å². The smallest absolute Gasteiger partial charge is 0.182 e. The molecular formula is C9H10N4. The third kappa shape index (κ3) is 1.59. The van der Waals surface area contributed by atoms with Crippen molar-refractivity contribution in [1.82, 2.24) is 9.97 Å². The summed E-state index contributed by atoms with van der Waals surface area (Å²) in [4.78, 5) is 7.98. The van der Waals surface area contributed by atoms with Crippen molar-refractivity contribution < 1.29 is 0 Å². The van der Waals surface area contributed by atoms with E-state index in [0.717, 1.165) is 6.42 Å². The molecule has 0 saturated heterocycles. The van der Waals surface area contributed by atoms with Crippen LogP contribution in [0.3, 0.4) is 0 Å². The molecule has 0 radical (unpaired) electrons. The second kappa shape index (κ2) is 3.02. The maximum Gasteiger partial charge on any atom is 0.182 e. The SMILES string of the molecule is CC1CC1Nc1nccnc1C#N. The molecule has 1 N–H and O–H groups in total. The molecular weight excluding hydrogens is 164 g/mol. The van der Waals surface area contributed by atoms with Crippen LogP contribution in [-0.2, 0) is 0 Å². The number of nitrogens with one attached hydrogen (secondary N) is 1. The van der Waals surface area contributed by atoms with Crippen molar-refractivity contribution in [2.75, 3.05) is 5.32 Å². The minimum Gasteiger partial charge on any atom is -0.365 e. The van der Waals surface area contributed by atoms with Crippen LogP contribution in [0.1, 0.15) is 19.0 Å². The first-order chi connectivity index (χ1) is 6.31. The summed E-state index contributed by atoms with van der Waals surface area (Å²) in [5, 5.41) is 11.9. The van der Waals surface area contributed by atoms with Gasteiger partial charge in [-0.2, -0.15) is 5.26 Å². The van der Waals surface area contributed by atoms with Gasteiger partial charge in [-0.3, -0.25) is 0 Å². The van der Waals surface area contributed by atoms with E-state index in [4.69, 9.17) is 5.26 Å². The molecule has 0 amide bonds. The van der Waals surface area contributed by atoms with Crippen molar-refractivity contribution in [3.05, 3.63) is 18.1 Å². The Morgan fingerprint density at radius 2 is 2.23 bits per heavy atom. The Morgan fingerprint density at radius 1 is 1.54 bits per heavy atom. The van der Waals surface area contributed by atoms with Gasteiger partial charge in [0.05, 0.1) is 0 Å². The Bertz CT molecular complexity index is 355. The van der Waals surface area contributed by atoms with Gasteiger partial charge in [0.1, 0.15) is 6.07 Å². The standard InChI is InChI=1S/C9H10N4/c1-6-4-7(6)13-9-8(5-10)11-2-3-12-9/h2-3,6-7H,4H2,1H3,(H,12,13). The zero-order valence-electron chi connectivity index (χ0n) is 7.36. The zero-order valence-corrected chi connectivity index (χ0v) is 7.36. The predicted octanol–water partition coefficient (Wildman–Crippen LogP) is 1.17. The van der Waals surface area contributed by atoms with Crippen LogP contribution in [0.4, 0.5) is 5.82 Å². The Kier molecular flexibility index (Phi) is 1.85. The zero-order chi connectivity index (χ0) is 9.26. The molecule has 1 aromatic rings. The van der Waals surface area contributed by atoms with Crippen molar-refractivity contribution in [2.24, 2.45) is 5.92 Å². The van der Waals surface area contributed by atoms with Crippen LogP contribution >= 0.6 is 0 Å². The molecule has 2 unspecified atom stereocenters. The highest BCUT2D eigenvalue weighted by molar-refractivity contribution is 5.48. The quantitative estimate of drug-likeness (QED) is 0.731. The first-order valence-electron chi connectivity index (χ1n) is 4.29. The summed E-state index contributed by atoms with van der Waals surface area (Å²) in [5.74, 6) is 1.30. The number of anilines is 1. The molecule has 2 atom stereocenters. The van der Waals surface area contributed by atoms with E-state index in [1.165, 1.54) is 6.20 Å². The summed E-state index contributed by atoms with van der Waals surface area (Å²) in [7, 11) is 0. The number of nitrogens with zero attached hydrogens (tertiary/aromatic N) is 3. The molecule has 66 valence electrons. The van der Waals surface area contributed by atoms with E-state index in [2.05, 4.69) is 22.2 Å². The molecule has 0 aliphatic heterocycles. The molecule has 1 heterocycles. The van der Waals surface area contributed by atoms with Crippen LogP contribution in [0.2, 0.25) is 0 Å². The second-order valence-electron chi connectivity index (χ2n) is 3.33. The fourth-order valence-electron chi connectivity index (χ4n) is 1.22. The van der Waals surface area contributed by atoms with Crippen LogP contribution in [0.15, 0.2) is 12.4 Å². The fraction of sp³-hybridized carbons (Fsp3) is 0.444. The molecule has 0 bridgehead atoms. The van der Waals surface area contributed by atoms with Gasteiger partial charge in [-0.25, -0.2) is 9.97 Å². The van der Waals surface area contributed by atoms with E-state index < -0.39 is 0 Å². The van der Waals surface area contributed by atoms with Crippen LogP contribution in [0.25, 0.3) is 0 Å². The Balaban J connectivity index is 2.15. The molecule has 1 fully saturated rings. The van der Waals surface area contributed by atoms with Gasteiger partial charge in [-0.05, 0) is 12.3 Å². The summed E-state index contributed by atoms with van der Waals surface area (Å²) in [6.07, 6.45) is 4.28. The average Bonchev–Trinajstić information content (AvgIpc) is 2.83. The summed E-state index contributed by atoms with van der Waals surface area (Å²) < 4.78 is 0. The highest BCUT2D eigenvalue weighted by Crippen LogP contribution is 2.32. The molecule has 1 aliphatic rings. The first kappa shape index (κ1) is 7.99. The van der Waals surface area contributed by atoms with Crippen molar-refractivity contribution >= 4 is 5.82 Å². The molecule has 1 saturated carbocycles. The summed E-state index contributed by atoms with van der Waals surface area (Å²) in [6.45, 7) is 2.17. The first-order valence-corrected chi connectivity index (χ1v) is 4.29. The van der Waals surface area contributed by atoms with Crippen molar-refractivity contribution in [3.63, 3.8) is 0 Å². The van der Waals surface area contributed by atoms with E-state index in [9.17, 15) is 0 Å². The van der Waals surface area contributed by atoms with Crippen LogP contribution in [-0.4, -0.2) is 16.0 Å². The van der Waals surface area contributed by atoms with Gasteiger partial charge in [0.15, 0.2) is 11.5 Å². The normalized spacial score (nSPS) is 24.9.